The highest BCUT2D eigenvalue weighted by Crippen LogP contribution is 2.30. The maximum Gasteiger partial charge on any atom is 0.433 e. The standard InChI is InChI=1S/C16H16F4N4O/c17-12-7-22-15(23-8-12)24-5-1-2-11(9-24)10-25-13-3-4-21-14(6-13)16(18,19)20/h3-4,6-8,11H,1-2,5,9-10H2. The molecule has 3 heterocycles. The molecule has 134 valence electrons. The molecule has 1 aliphatic rings. The molecule has 0 aliphatic carbocycles. The van der Waals surface area contributed by atoms with E-state index in [0.717, 1.165) is 44.0 Å². The number of hydrogen-bond acceptors (Lipinski definition) is 5. The van der Waals surface area contributed by atoms with Crippen LogP contribution in [0.15, 0.2) is 30.7 Å². The first-order valence-corrected chi connectivity index (χ1v) is 7.80. The zero-order chi connectivity index (χ0) is 17.9. The van der Waals surface area contributed by atoms with Gasteiger partial charge in [-0.15, -0.1) is 0 Å². The molecule has 5 nitrogen and oxygen atoms in total. The Labute approximate surface area is 141 Å². The lowest BCUT2D eigenvalue weighted by Crippen LogP contribution is -2.38. The number of hydrogen-bond donors (Lipinski definition) is 0. The van der Waals surface area contributed by atoms with Crippen molar-refractivity contribution in [1.82, 2.24) is 15.0 Å². The molecule has 0 radical (unpaired) electrons. The fourth-order valence-electron chi connectivity index (χ4n) is 2.72. The number of aromatic nitrogens is 3. The van der Waals surface area contributed by atoms with Crippen molar-refractivity contribution in [3.63, 3.8) is 0 Å². The molecule has 0 N–H and O–H groups in total. The summed E-state index contributed by atoms with van der Waals surface area (Å²) in [7, 11) is 0. The first-order chi connectivity index (χ1) is 11.9. The van der Waals surface area contributed by atoms with Crippen LogP contribution in [0, 0.1) is 11.7 Å². The van der Waals surface area contributed by atoms with Crippen molar-refractivity contribution in [2.24, 2.45) is 5.92 Å². The molecule has 2 aromatic rings. The SMILES string of the molecule is Fc1cnc(N2CCCC(COc3ccnc(C(F)(F)F)c3)C2)nc1. The lowest BCUT2D eigenvalue weighted by molar-refractivity contribution is -0.141. The number of ether oxygens (including phenoxy) is 1. The third-order valence-corrected chi connectivity index (χ3v) is 3.92. The van der Waals surface area contributed by atoms with Gasteiger partial charge in [0, 0.05) is 31.3 Å². The predicted octanol–water partition coefficient (Wildman–Crippen LogP) is 3.32. The van der Waals surface area contributed by atoms with Crippen molar-refractivity contribution in [3.8, 4) is 5.75 Å². The molecular weight excluding hydrogens is 340 g/mol. The van der Waals surface area contributed by atoms with Crippen molar-refractivity contribution in [1.29, 1.82) is 0 Å². The molecule has 2 aromatic heterocycles. The van der Waals surface area contributed by atoms with Gasteiger partial charge in [-0.3, -0.25) is 4.98 Å². The molecular formula is C16H16F4N4O. The largest absolute Gasteiger partial charge is 0.493 e. The minimum Gasteiger partial charge on any atom is -0.493 e. The molecule has 1 saturated heterocycles. The monoisotopic (exact) mass is 356 g/mol. The Hall–Kier alpha value is -2.45. The second-order valence-corrected chi connectivity index (χ2v) is 5.84. The van der Waals surface area contributed by atoms with Crippen molar-refractivity contribution < 1.29 is 22.3 Å². The number of anilines is 1. The van der Waals surface area contributed by atoms with E-state index in [9.17, 15) is 17.6 Å². The van der Waals surface area contributed by atoms with Crippen LogP contribution in [0.25, 0.3) is 0 Å². The quantitative estimate of drug-likeness (QED) is 0.787. The van der Waals surface area contributed by atoms with Crippen LogP contribution in [-0.4, -0.2) is 34.6 Å². The van der Waals surface area contributed by atoms with Gasteiger partial charge in [0.2, 0.25) is 5.95 Å². The minimum atomic E-state index is -4.50. The zero-order valence-electron chi connectivity index (χ0n) is 13.2. The lowest BCUT2D eigenvalue weighted by atomic mass is 9.99. The summed E-state index contributed by atoms with van der Waals surface area (Å²) < 4.78 is 56.4. The summed E-state index contributed by atoms with van der Waals surface area (Å²) in [5, 5.41) is 0. The van der Waals surface area contributed by atoms with Crippen molar-refractivity contribution in [2.75, 3.05) is 24.6 Å². The molecule has 0 spiro atoms. The van der Waals surface area contributed by atoms with Crippen molar-refractivity contribution in [2.45, 2.75) is 19.0 Å². The second kappa shape index (κ2) is 7.20. The molecule has 1 fully saturated rings. The highest BCUT2D eigenvalue weighted by Gasteiger charge is 2.32. The lowest BCUT2D eigenvalue weighted by Gasteiger charge is -2.32. The van der Waals surface area contributed by atoms with E-state index in [-0.39, 0.29) is 18.3 Å². The average molecular weight is 356 g/mol. The van der Waals surface area contributed by atoms with Crippen LogP contribution in [0.1, 0.15) is 18.5 Å². The Bertz CT molecular complexity index is 708. The van der Waals surface area contributed by atoms with Crippen molar-refractivity contribution in [3.05, 3.63) is 42.2 Å². The van der Waals surface area contributed by atoms with E-state index in [1.807, 2.05) is 4.90 Å². The Morgan fingerprint density at radius 2 is 1.96 bits per heavy atom. The van der Waals surface area contributed by atoms with E-state index < -0.39 is 17.7 Å². The normalized spacial score (nSPS) is 18.2. The van der Waals surface area contributed by atoms with E-state index in [0.29, 0.717) is 12.5 Å². The highest BCUT2D eigenvalue weighted by atomic mass is 19.4. The smallest absolute Gasteiger partial charge is 0.433 e. The van der Waals surface area contributed by atoms with Crippen LogP contribution in [0.2, 0.25) is 0 Å². The van der Waals surface area contributed by atoms with Gasteiger partial charge in [-0.2, -0.15) is 13.2 Å². The summed E-state index contributed by atoms with van der Waals surface area (Å²) in [5.41, 5.74) is -0.977. The number of halogens is 4. The van der Waals surface area contributed by atoms with Gasteiger partial charge in [-0.05, 0) is 18.9 Å². The average Bonchev–Trinajstić information content (AvgIpc) is 2.60. The summed E-state index contributed by atoms with van der Waals surface area (Å²) in [6.07, 6.45) is 0.558. The van der Waals surface area contributed by atoms with E-state index in [1.165, 1.54) is 6.07 Å². The molecule has 1 aliphatic heterocycles. The van der Waals surface area contributed by atoms with Gasteiger partial charge < -0.3 is 9.64 Å². The van der Waals surface area contributed by atoms with Gasteiger partial charge in [-0.1, -0.05) is 0 Å². The van der Waals surface area contributed by atoms with Crippen LogP contribution in [0.4, 0.5) is 23.5 Å². The summed E-state index contributed by atoms with van der Waals surface area (Å²) in [6, 6.07) is 2.29. The molecule has 0 bridgehead atoms. The van der Waals surface area contributed by atoms with Crippen LogP contribution in [0.3, 0.4) is 0 Å². The van der Waals surface area contributed by atoms with Gasteiger partial charge in [-0.25, -0.2) is 14.4 Å². The summed E-state index contributed by atoms with van der Waals surface area (Å²) >= 11 is 0. The van der Waals surface area contributed by atoms with Crippen LogP contribution in [-0.2, 0) is 6.18 Å². The van der Waals surface area contributed by atoms with E-state index in [2.05, 4.69) is 15.0 Å². The number of rotatable bonds is 4. The van der Waals surface area contributed by atoms with Crippen molar-refractivity contribution >= 4 is 5.95 Å². The maximum absolute atomic E-state index is 12.9. The molecule has 25 heavy (non-hydrogen) atoms. The number of pyridine rings is 1. The molecule has 9 heteroatoms. The predicted molar refractivity (Wildman–Crippen MR) is 81.7 cm³/mol. The summed E-state index contributed by atoms with van der Waals surface area (Å²) in [6.45, 7) is 1.62. The zero-order valence-corrected chi connectivity index (χ0v) is 13.2. The number of alkyl halides is 3. The first kappa shape index (κ1) is 17.4. The van der Waals surface area contributed by atoms with Gasteiger partial charge in [0.25, 0.3) is 0 Å². The molecule has 0 saturated carbocycles. The fraction of sp³-hybridized carbons (Fsp3) is 0.438. The van der Waals surface area contributed by atoms with Crippen LogP contribution < -0.4 is 9.64 Å². The van der Waals surface area contributed by atoms with Gasteiger partial charge >= 0.3 is 6.18 Å². The van der Waals surface area contributed by atoms with Gasteiger partial charge in [0.05, 0.1) is 19.0 Å². The van der Waals surface area contributed by atoms with E-state index >= 15 is 0 Å². The molecule has 1 atom stereocenters. The third-order valence-electron chi connectivity index (χ3n) is 3.92. The maximum atomic E-state index is 12.9. The van der Waals surface area contributed by atoms with Crippen LogP contribution >= 0.6 is 0 Å². The Morgan fingerprint density at radius 3 is 2.68 bits per heavy atom. The highest BCUT2D eigenvalue weighted by molar-refractivity contribution is 5.29. The Balaban J connectivity index is 1.59. The topological polar surface area (TPSA) is 51.1 Å². The molecule has 1 unspecified atom stereocenters. The summed E-state index contributed by atoms with van der Waals surface area (Å²) in [4.78, 5) is 13.1. The molecule has 0 amide bonds. The molecule has 0 aromatic carbocycles. The van der Waals surface area contributed by atoms with Gasteiger partial charge in [0.15, 0.2) is 5.82 Å². The summed E-state index contributed by atoms with van der Waals surface area (Å²) in [5.74, 6) is 0.190. The molecule has 3 rings (SSSR count). The first-order valence-electron chi connectivity index (χ1n) is 7.80. The number of piperidine rings is 1. The Morgan fingerprint density at radius 1 is 1.20 bits per heavy atom. The van der Waals surface area contributed by atoms with Gasteiger partial charge in [0.1, 0.15) is 11.4 Å². The Kier molecular flexibility index (Phi) is 5.00. The minimum absolute atomic E-state index is 0.116. The number of nitrogens with zero attached hydrogens (tertiary/aromatic N) is 4. The van der Waals surface area contributed by atoms with Crippen LogP contribution in [0.5, 0.6) is 5.75 Å². The van der Waals surface area contributed by atoms with E-state index in [4.69, 9.17) is 4.74 Å². The fourth-order valence-corrected chi connectivity index (χ4v) is 2.72. The van der Waals surface area contributed by atoms with E-state index in [1.54, 1.807) is 0 Å². The third kappa shape index (κ3) is 4.55. The second-order valence-electron chi connectivity index (χ2n) is 5.84.